The zero-order chi connectivity index (χ0) is 16.0. The zero-order valence-electron chi connectivity index (χ0n) is 12.2. The first-order valence-corrected chi connectivity index (χ1v) is 6.56. The van der Waals surface area contributed by atoms with Crippen molar-refractivity contribution in [1.82, 2.24) is 5.32 Å². The summed E-state index contributed by atoms with van der Waals surface area (Å²) in [6.07, 6.45) is 0.768. The van der Waals surface area contributed by atoms with Gasteiger partial charge in [-0.15, -0.1) is 0 Å². The van der Waals surface area contributed by atoms with E-state index in [0.29, 0.717) is 5.56 Å². The number of hydrogen-bond donors (Lipinski definition) is 1. The molecule has 1 amide bonds. The van der Waals surface area contributed by atoms with Crippen molar-refractivity contribution in [3.63, 3.8) is 0 Å². The number of ether oxygens (including phenoxy) is 1. The molecule has 0 unspecified atom stereocenters. The molecule has 7 heteroatoms. The molecule has 1 aromatic rings. The predicted molar refractivity (Wildman–Crippen MR) is 76.0 cm³/mol. The molecule has 0 bridgehead atoms. The first-order valence-electron chi connectivity index (χ1n) is 6.56. The van der Waals surface area contributed by atoms with Crippen LogP contribution in [0.25, 0.3) is 0 Å². The smallest absolute Gasteiger partial charge is 0.338 e. The summed E-state index contributed by atoms with van der Waals surface area (Å²) >= 11 is 0. The average Bonchev–Trinajstić information content (AvgIpc) is 2.44. The van der Waals surface area contributed by atoms with Crippen LogP contribution < -0.4 is 5.32 Å². The number of rotatable bonds is 6. The van der Waals surface area contributed by atoms with Gasteiger partial charge in [0, 0.05) is 17.7 Å². The number of benzene rings is 1. The number of nitrogens with one attached hydrogen (secondary N) is 1. The van der Waals surface area contributed by atoms with Crippen LogP contribution in [0.15, 0.2) is 18.2 Å². The summed E-state index contributed by atoms with van der Waals surface area (Å²) < 4.78 is 4.84. The van der Waals surface area contributed by atoms with Gasteiger partial charge in [-0.25, -0.2) is 4.79 Å². The van der Waals surface area contributed by atoms with Crippen molar-refractivity contribution in [2.45, 2.75) is 33.2 Å². The van der Waals surface area contributed by atoms with E-state index in [4.69, 9.17) is 4.74 Å². The third-order valence-electron chi connectivity index (χ3n) is 3.00. The molecule has 1 atom stereocenters. The summed E-state index contributed by atoms with van der Waals surface area (Å²) in [5.41, 5.74) is 0.336. The highest BCUT2D eigenvalue weighted by molar-refractivity contribution is 5.92. The Morgan fingerprint density at radius 3 is 2.67 bits per heavy atom. The van der Waals surface area contributed by atoms with Gasteiger partial charge >= 0.3 is 5.97 Å². The second kappa shape index (κ2) is 7.37. The van der Waals surface area contributed by atoms with Gasteiger partial charge in [0.2, 0.25) is 0 Å². The second-order valence-corrected chi connectivity index (χ2v) is 4.71. The number of esters is 1. The van der Waals surface area contributed by atoms with Crippen LogP contribution in [0.5, 0.6) is 0 Å². The Labute approximate surface area is 122 Å². The molecule has 0 aromatic heterocycles. The number of nitro benzene ring substituents is 1. The van der Waals surface area contributed by atoms with E-state index < -0.39 is 23.4 Å². The lowest BCUT2D eigenvalue weighted by Gasteiger charge is -2.11. The maximum Gasteiger partial charge on any atom is 0.338 e. The van der Waals surface area contributed by atoms with Crippen LogP contribution >= 0.6 is 0 Å². The molecule has 0 fully saturated rings. The van der Waals surface area contributed by atoms with E-state index in [9.17, 15) is 19.7 Å². The number of carbonyl (C=O) groups excluding carboxylic acids is 2. The third kappa shape index (κ3) is 4.87. The lowest BCUT2D eigenvalue weighted by atomic mass is 10.1. The van der Waals surface area contributed by atoms with Crippen LogP contribution in [0, 0.1) is 17.0 Å². The van der Waals surface area contributed by atoms with Crippen molar-refractivity contribution < 1.29 is 19.2 Å². The molecule has 0 spiro atoms. The molecule has 0 aliphatic heterocycles. The highest BCUT2D eigenvalue weighted by Crippen LogP contribution is 2.19. The van der Waals surface area contributed by atoms with Gasteiger partial charge in [-0.2, -0.15) is 0 Å². The maximum atomic E-state index is 11.8. The molecule has 0 aliphatic carbocycles. The Bertz CT molecular complexity index is 556. The normalized spacial score (nSPS) is 11.6. The van der Waals surface area contributed by atoms with E-state index in [2.05, 4.69) is 5.32 Å². The van der Waals surface area contributed by atoms with Crippen molar-refractivity contribution >= 4 is 17.6 Å². The fourth-order valence-corrected chi connectivity index (χ4v) is 1.57. The molecule has 7 nitrogen and oxygen atoms in total. The molecule has 21 heavy (non-hydrogen) atoms. The van der Waals surface area contributed by atoms with Crippen LogP contribution in [0.1, 0.15) is 36.2 Å². The summed E-state index contributed by atoms with van der Waals surface area (Å²) in [7, 11) is 0. The van der Waals surface area contributed by atoms with Gasteiger partial charge in [-0.3, -0.25) is 14.9 Å². The van der Waals surface area contributed by atoms with Gasteiger partial charge in [0.1, 0.15) is 0 Å². The minimum absolute atomic E-state index is 0.00309. The van der Waals surface area contributed by atoms with E-state index in [0.717, 1.165) is 12.5 Å². The van der Waals surface area contributed by atoms with Crippen LogP contribution in [-0.4, -0.2) is 29.4 Å². The zero-order valence-corrected chi connectivity index (χ0v) is 12.2. The summed E-state index contributed by atoms with van der Waals surface area (Å²) in [5.74, 6) is -1.17. The molecule has 0 saturated carbocycles. The monoisotopic (exact) mass is 294 g/mol. The number of aryl methyl sites for hydroxylation is 1. The summed E-state index contributed by atoms with van der Waals surface area (Å²) in [6.45, 7) is 4.92. The van der Waals surface area contributed by atoms with Crippen molar-refractivity contribution in [3.05, 3.63) is 39.4 Å². The van der Waals surface area contributed by atoms with E-state index in [1.165, 1.54) is 12.1 Å². The van der Waals surface area contributed by atoms with Gasteiger partial charge in [0.25, 0.3) is 11.6 Å². The molecule has 0 aliphatic rings. The molecule has 1 rings (SSSR count). The Hall–Kier alpha value is -2.44. The van der Waals surface area contributed by atoms with Crippen molar-refractivity contribution in [2.24, 2.45) is 0 Å². The van der Waals surface area contributed by atoms with Gasteiger partial charge in [0.15, 0.2) is 6.61 Å². The van der Waals surface area contributed by atoms with Gasteiger partial charge in [-0.1, -0.05) is 13.0 Å². The lowest BCUT2D eigenvalue weighted by Crippen LogP contribution is -2.35. The van der Waals surface area contributed by atoms with Gasteiger partial charge in [-0.05, 0) is 26.3 Å². The van der Waals surface area contributed by atoms with Crippen LogP contribution in [-0.2, 0) is 9.53 Å². The fourth-order valence-electron chi connectivity index (χ4n) is 1.57. The molecule has 0 radical (unpaired) electrons. The Balaban J connectivity index is 2.66. The SMILES string of the molecule is CC[C@H](C)NC(=O)COC(=O)c1ccc(C)c([N+](=O)[O-])c1. The molecular formula is C14H18N2O5. The highest BCUT2D eigenvalue weighted by Gasteiger charge is 2.17. The van der Waals surface area contributed by atoms with Crippen LogP contribution in [0.2, 0.25) is 0 Å². The van der Waals surface area contributed by atoms with Crippen molar-refractivity contribution in [3.8, 4) is 0 Å². The predicted octanol–water partition coefficient (Wildman–Crippen LogP) is 1.97. The quantitative estimate of drug-likeness (QED) is 0.491. The minimum Gasteiger partial charge on any atom is -0.452 e. The van der Waals surface area contributed by atoms with Gasteiger partial charge < -0.3 is 10.1 Å². The van der Waals surface area contributed by atoms with E-state index >= 15 is 0 Å². The summed E-state index contributed by atoms with van der Waals surface area (Å²) in [6, 6.07) is 4.03. The molecule has 114 valence electrons. The number of nitrogens with zero attached hydrogens (tertiary/aromatic N) is 1. The standard InChI is InChI=1S/C14H18N2O5/c1-4-10(3)15-13(17)8-21-14(18)11-6-5-9(2)12(7-11)16(19)20/h5-7,10H,4,8H2,1-3H3,(H,15,17)/t10-/m0/s1. The number of amides is 1. The maximum absolute atomic E-state index is 11.8. The van der Waals surface area contributed by atoms with Crippen LogP contribution in [0.3, 0.4) is 0 Å². The Kier molecular flexibility index (Phi) is 5.83. The summed E-state index contributed by atoms with van der Waals surface area (Å²) in [5, 5.41) is 13.5. The number of carbonyl (C=O) groups is 2. The molecular weight excluding hydrogens is 276 g/mol. The molecule has 0 heterocycles. The van der Waals surface area contributed by atoms with Crippen molar-refractivity contribution in [1.29, 1.82) is 0 Å². The highest BCUT2D eigenvalue weighted by atomic mass is 16.6. The summed E-state index contributed by atoms with van der Waals surface area (Å²) in [4.78, 5) is 33.5. The van der Waals surface area contributed by atoms with E-state index in [1.54, 1.807) is 6.92 Å². The molecule has 1 aromatic carbocycles. The number of hydrogen-bond acceptors (Lipinski definition) is 5. The van der Waals surface area contributed by atoms with Crippen LogP contribution in [0.4, 0.5) is 5.69 Å². The largest absolute Gasteiger partial charge is 0.452 e. The first-order chi connectivity index (χ1) is 9.85. The fraction of sp³-hybridized carbons (Fsp3) is 0.429. The third-order valence-corrected chi connectivity index (χ3v) is 3.00. The lowest BCUT2D eigenvalue weighted by molar-refractivity contribution is -0.385. The Morgan fingerprint density at radius 2 is 2.10 bits per heavy atom. The topological polar surface area (TPSA) is 98.5 Å². The first kappa shape index (κ1) is 16.6. The second-order valence-electron chi connectivity index (χ2n) is 4.71. The molecule has 0 saturated heterocycles. The minimum atomic E-state index is -0.766. The van der Waals surface area contributed by atoms with E-state index in [1.807, 2.05) is 13.8 Å². The molecule has 1 N–H and O–H groups in total. The number of nitro groups is 1. The van der Waals surface area contributed by atoms with Crippen molar-refractivity contribution in [2.75, 3.05) is 6.61 Å². The average molecular weight is 294 g/mol. The van der Waals surface area contributed by atoms with Gasteiger partial charge in [0.05, 0.1) is 10.5 Å². The Morgan fingerprint density at radius 1 is 1.43 bits per heavy atom. The van der Waals surface area contributed by atoms with E-state index in [-0.39, 0.29) is 17.3 Å².